The molecule has 0 saturated heterocycles. The monoisotopic (exact) mass is 457 g/mol. The first-order valence-electron chi connectivity index (χ1n) is 7.93. The topological polar surface area (TPSA) is 81.1 Å². The summed E-state index contributed by atoms with van der Waals surface area (Å²) in [6, 6.07) is 11.5. The van der Waals surface area contributed by atoms with Crippen LogP contribution in [0.2, 0.25) is 15.1 Å². The van der Waals surface area contributed by atoms with E-state index in [9.17, 15) is 13.2 Å². The van der Waals surface area contributed by atoms with Gasteiger partial charge < -0.3 is 5.32 Å². The second-order valence-corrected chi connectivity index (χ2v) is 9.17. The first-order valence-corrected chi connectivity index (χ1v) is 11.0. The van der Waals surface area contributed by atoms with Gasteiger partial charge in [0.1, 0.15) is 5.02 Å². The second-order valence-electron chi connectivity index (χ2n) is 5.96. The minimum atomic E-state index is -3.23. The van der Waals surface area contributed by atoms with E-state index in [1.165, 1.54) is 6.20 Å². The lowest BCUT2D eigenvalue weighted by Gasteiger charge is -2.11. The fourth-order valence-electron chi connectivity index (χ4n) is 2.43. The first kappa shape index (κ1) is 20.7. The van der Waals surface area contributed by atoms with Gasteiger partial charge in [-0.2, -0.15) is 9.78 Å². The number of hydrogen-bond acceptors (Lipinski definition) is 5. The van der Waals surface area contributed by atoms with Crippen LogP contribution in [-0.4, -0.2) is 24.5 Å². The zero-order valence-electron chi connectivity index (χ0n) is 14.5. The van der Waals surface area contributed by atoms with Gasteiger partial charge in [0.05, 0.1) is 32.5 Å². The van der Waals surface area contributed by atoms with Crippen LogP contribution in [0.25, 0.3) is 5.69 Å². The summed E-state index contributed by atoms with van der Waals surface area (Å²) in [6.07, 6.45) is 2.45. The van der Waals surface area contributed by atoms with Crippen molar-refractivity contribution in [3.63, 3.8) is 0 Å². The molecular formula is C18H14Cl3N3O3S. The van der Waals surface area contributed by atoms with Gasteiger partial charge in [-0.05, 0) is 35.9 Å². The molecule has 0 aliphatic rings. The average Bonchev–Trinajstić information content (AvgIpc) is 2.65. The maximum Gasteiger partial charge on any atom is 0.291 e. The van der Waals surface area contributed by atoms with E-state index in [0.717, 1.165) is 16.5 Å². The average molecular weight is 459 g/mol. The molecule has 0 radical (unpaired) electrons. The largest absolute Gasteiger partial charge is 0.380 e. The van der Waals surface area contributed by atoms with Crippen LogP contribution in [-0.2, 0) is 16.4 Å². The van der Waals surface area contributed by atoms with Crippen molar-refractivity contribution in [3.05, 3.63) is 79.6 Å². The van der Waals surface area contributed by atoms with Crippen LogP contribution in [0, 0.1) is 0 Å². The number of hydrogen-bond donors (Lipinski definition) is 1. The molecule has 1 aromatic heterocycles. The molecule has 1 heterocycles. The van der Waals surface area contributed by atoms with Crippen molar-refractivity contribution >= 4 is 50.3 Å². The summed E-state index contributed by atoms with van der Waals surface area (Å²) >= 11 is 18.0. The molecule has 10 heteroatoms. The number of aromatic nitrogens is 2. The van der Waals surface area contributed by atoms with Crippen molar-refractivity contribution in [2.45, 2.75) is 11.4 Å². The predicted octanol–water partition coefficient (Wildman–Crippen LogP) is 4.21. The van der Waals surface area contributed by atoms with Gasteiger partial charge in [-0.15, -0.1) is 0 Å². The maximum absolute atomic E-state index is 12.2. The van der Waals surface area contributed by atoms with E-state index in [2.05, 4.69) is 10.4 Å². The highest BCUT2D eigenvalue weighted by molar-refractivity contribution is 7.90. The Hall–Kier alpha value is -2.06. The number of benzene rings is 2. The zero-order chi connectivity index (χ0) is 20.5. The van der Waals surface area contributed by atoms with Gasteiger partial charge in [0, 0.05) is 12.8 Å². The molecule has 0 aliphatic heterocycles. The number of anilines is 1. The molecular weight excluding hydrogens is 445 g/mol. The van der Waals surface area contributed by atoms with Crippen molar-refractivity contribution in [2.75, 3.05) is 11.6 Å². The van der Waals surface area contributed by atoms with E-state index in [4.69, 9.17) is 34.8 Å². The molecule has 0 aliphatic carbocycles. The zero-order valence-corrected chi connectivity index (χ0v) is 17.6. The van der Waals surface area contributed by atoms with Crippen molar-refractivity contribution in [1.29, 1.82) is 0 Å². The second kappa shape index (κ2) is 8.13. The minimum Gasteiger partial charge on any atom is -0.380 e. The van der Waals surface area contributed by atoms with E-state index in [1.54, 1.807) is 42.5 Å². The van der Waals surface area contributed by atoms with E-state index in [1.807, 2.05) is 0 Å². The van der Waals surface area contributed by atoms with Gasteiger partial charge in [0.2, 0.25) is 0 Å². The summed E-state index contributed by atoms with van der Waals surface area (Å²) in [4.78, 5) is 12.4. The van der Waals surface area contributed by atoms with Gasteiger partial charge in [-0.3, -0.25) is 4.79 Å². The van der Waals surface area contributed by atoms with Crippen LogP contribution < -0.4 is 10.9 Å². The van der Waals surface area contributed by atoms with Crippen LogP contribution >= 0.6 is 34.8 Å². The summed E-state index contributed by atoms with van der Waals surface area (Å²) in [5.41, 5.74) is 1.43. The first-order chi connectivity index (χ1) is 13.2. The Morgan fingerprint density at radius 1 is 1.04 bits per heavy atom. The molecule has 0 spiro atoms. The Bertz CT molecular complexity index is 1190. The van der Waals surface area contributed by atoms with Crippen LogP contribution in [0.1, 0.15) is 5.56 Å². The molecule has 146 valence electrons. The molecule has 3 aromatic rings. The highest BCUT2D eigenvalue weighted by atomic mass is 35.5. The van der Waals surface area contributed by atoms with Gasteiger partial charge in [0.15, 0.2) is 9.84 Å². The number of sulfone groups is 1. The fraction of sp³-hybridized carbons (Fsp3) is 0.111. The van der Waals surface area contributed by atoms with Gasteiger partial charge in [-0.1, -0.05) is 46.9 Å². The maximum atomic E-state index is 12.2. The number of rotatable bonds is 5. The Balaban J connectivity index is 1.78. The van der Waals surface area contributed by atoms with E-state index in [-0.39, 0.29) is 14.9 Å². The third-order valence-corrected chi connectivity index (χ3v) is 6.10. The Kier molecular flexibility index (Phi) is 6.00. The third-order valence-electron chi connectivity index (χ3n) is 3.91. The quantitative estimate of drug-likeness (QED) is 0.619. The Labute approximate surface area is 176 Å². The number of halogens is 3. The molecule has 0 amide bonds. The van der Waals surface area contributed by atoms with Crippen LogP contribution in [0.4, 0.5) is 5.69 Å². The molecule has 6 nitrogen and oxygen atoms in total. The molecule has 1 N–H and O–H groups in total. The summed E-state index contributed by atoms with van der Waals surface area (Å²) in [7, 11) is -3.23. The van der Waals surface area contributed by atoms with Gasteiger partial charge in [-0.25, -0.2) is 8.42 Å². The predicted molar refractivity (Wildman–Crippen MR) is 112 cm³/mol. The van der Waals surface area contributed by atoms with Gasteiger partial charge in [0.25, 0.3) is 5.56 Å². The lowest BCUT2D eigenvalue weighted by atomic mass is 10.2. The fourth-order valence-corrected chi connectivity index (χ4v) is 3.55. The van der Waals surface area contributed by atoms with Crippen molar-refractivity contribution in [3.8, 4) is 5.69 Å². The van der Waals surface area contributed by atoms with E-state index in [0.29, 0.717) is 22.9 Å². The molecule has 0 saturated carbocycles. The molecule has 28 heavy (non-hydrogen) atoms. The van der Waals surface area contributed by atoms with Crippen molar-refractivity contribution in [1.82, 2.24) is 9.78 Å². The molecule has 0 fully saturated rings. The number of nitrogens with zero attached hydrogens (tertiary/aromatic N) is 2. The molecule has 2 aromatic carbocycles. The number of nitrogens with one attached hydrogen (secondary N) is 1. The van der Waals surface area contributed by atoms with Crippen molar-refractivity contribution < 1.29 is 8.42 Å². The smallest absolute Gasteiger partial charge is 0.291 e. The minimum absolute atomic E-state index is 0.0780. The summed E-state index contributed by atoms with van der Waals surface area (Å²) < 4.78 is 24.1. The van der Waals surface area contributed by atoms with E-state index < -0.39 is 15.4 Å². The Morgan fingerprint density at radius 3 is 2.32 bits per heavy atom. The summed E-state index contributed by atoms with van der Waals surface area (Å²) in [5.74, 6) is 0. The third kappa shape index (κ3) is 4.50. The van der Waals surface area contributed by atoms with Crippen molar-refractivity contribution in [2.24, 2.45) is 0 Å². The molecule has 3 rings (SSSR count). The Morgan fingerprint density at radius 2 is 1.71 bits per heavy atom. The molecule has 0 atom stereocenters. The standard InChI is InChI=1S/C18H14Cl3N3O3S/c1-28(26,27)13-5-2-11(3-6-13)9-22-16-7-4-12(8-14(16)19)24-18(25)17(21)15(20)10-23-24/h2-8,10,22H,9H2,1H3. The lowest BCUT2D eigenvalue weighted by molar-refractivity contribution is 0.602. The summed E-state index contributed by atoms with van der Waals surface area (Å²) in [5, 5.41) is 7.47. The summed E-state index contributed by atoms with van der Waals surface area (Å²) in [6.45, 7) is 0.439. The SMILES string of the molecule is CS(=O)(=O)c1ccc(CNc2ccc(-n3ncc(Cl)c(Cl)c3=O)cc2Cl)cc1. The van der Waals surface area contributed by atoms with E-state index >= 15 is 0 Å². The lowest BCUT2D eigenvalue weighted by Crippen LogP contribution is -2.21. The highest BCUT2D eigenvalue weighted by Gasteiger charge is 2.11. The van der Waals surface area contributed by atoms with Crippen LogP contribution in [0.15, 0.2) is 58.4 Å². The molecule has 0 bridgehead atoms. The molecule has 0 unspecified atom stereocenters. The van der Waals surface area contributed by atoms with Gasteiger partial charge >= 0.3 is 0 Å². The highest BCUT2D eigenvalue weighted by Crippen LogP contribution is 2.25. The van der Waals surface area contributed by atoms with Crippen LogP contribution in [0.5, 0.6) is 0 Å². The normalized spacial score (nSPS) is 11.4. The van der Waals surface area contributed by atoms with Crippen LogP contribution in [0.3, 0.4) is 0 Å².